The van der Waals surface area contributed by atoms with E-state index in [1.807, 2.05) is 6.07 Å². The van der Waals surface area contributed by atoms with Crippen molar-refractivity contribution in [3.05, 3.63) is 101 Å². The summed E-state index contributed by atoms with van der Waals surface area (Å²) in [5.74, 6) is 6.24. The van der Waals surface area contributed by atoms with E-state index in [0.717, 1.165) is 25.0 Å². The van der Waals surface area contributed by atoms with Gasteiger partial charge < -0.3 is 9.47 Å². The van der Waals surface area contributed by atoms with E-state index in [-0.39, 0.29) is 17.4 Å². The Morgan fingerprint density at radius 1 is 0.889 bits per heavy atom. The van der Waals surface area contributed by atoms with E-state index >= 15 is 0 Å². The molecule has 0 N–H and O–H groups in total. The molecule has 2 heteroatoms. The molecule has 0 spiro atoms. The lowest BCUT2D eigenvalue weighted by Crippen LogP contribution is -2.48. The van der Waals surface area contributed by atoms with Crippen LogP contribution in [-0.2, 0) is 24.4 Å². The van der Waals surface area contributed by atoms with Crippen LogP contribution in [0.2, 0.25) is 0 Å². The van der Waals surface area contributed by atoms with Crippen molar-refractivity contribution in [2.75, 3.05) is 0 Å². The number of terminal acetylenes is 1. The van der Waals surface area contributed by atoms with Crippen LogP contribution in [0, 0.1) is 35.5 Å². The average Bonchev–Trinajstić information content (AvgIpc) is 3.26. The summed E-state index contributed by atoms with van der Waals surface area (Å²) in [4.78, 5) is 0. The van der Waals surface area contributed by atoms with Gasteiger partial charge in [-0.1, -0.05) is 73.7 Å². The molecule has 184 valence electrons. The van der Waals surface area contributed by atoms with Gasteiger partial charge >= 0.3 is 0 Å². The van der Waals surface area contributed by atoms with Gasteiger partial charge in [-0.05, 0) is 83.7 Å². The topological polar surface area (TPSA) is 18.5 Å². The lowest BCUT2D eigenvalue weighted by molar-refractivity contribution is -0.0794. The van der Waals surface area contributed by atoms with Crippen LogP contribution in [-0.4, -0.2) is 6.10 Å². The molecule has 0 aromatic heterocycles. The van der Waals surface area contributed by atoms with E-state index in [4.69, 9.17) is 15.9 Å². The number of ether oxygens (including phenoxy) is 2. The van der Waals surface area contributed by atoms with Gasteiger partial charge in [-0.25, -0.2) is 0 Å². The minimum Gasteiger partial charge on any atom is -0.489 e. The molecule has 0 aliphatic heterocycles. The van der Waals surface area contributed by atoms with Crippen LogP contribution in [0.25, 0.3) is 0 Å². The summed E-state index contributed by atoms with van der Waals surface area (Å²) >= 11 is 0. The Hall–Kier alpha value is -3.02. The molecule has 0 amide bonds. The number of aryl methyl sites for hydroxylation is 1. The van der Waals surface area contributed by atoms with Crippen molar-refractivity contribution in [1.82, 2.24) is 0 Å². The molecular formula is C34H36O2. The van der Waals surface area contributed by atoms with Crippen LogP contribution in [0.4, 0.5) is 0 Å². The summed E-state index contributed by atoms with van der Waals surface area (Å²) in [5, 5.41) is 0. The monoisotopic (exact) mass is 476 g/mol. The Kier molecular flexibility index (Phi) is 6.36. The maximum atomic E-state index is 6.60. The minimum absolute atomic E-state index is 0.156. The summed E-state index contributed by atoms with van der Waals surface area (Å²) < 4.78 is 12.8. The zero-order valence-electron chi connectivity index (χ0n) is 21.2. The molecule has 3 aromatic rings. The number of fused-ring (bicyclic) bond motifs is 5. The third-order valence-corrected chi connectivity index (χ3v) is 9.37. The number of hydrogen-bond donors (Lipinski definition) is 0. The fourth-order valence-electron chi connectivity index (χ4n) is 7.68. The second kappa shape index (κ2) is 9.79. The van der Waals surface area contributed by atoms with Crippen molar-refractivity contribution in [3.63, 3.8) is 0 Å². The Labute approximate surface area is 216 Å². The summed E-state index contributed by atoms with van der Waals surface area (Å²) in [6, 6.07) is 27.7. The van der Waals surface area contributed by atoms with Crippen molar-refractivity contribution >= 4 is 0 Å². The Morgan fingerprint density at radius 3 is 2.33 bits per heavy atom. The predicted octanol–water partition coefficient (Wildman–Crippen LogP) is 7.57. The molecule has 3 aliphatic carbocycles. The van der Waals surface area contributed by atoms with Crippen LogP contribution in [0.15, 0.2) is 78.9 Å². The van der Waals surface area contributed by atoms with Crippen LogP contribution in [0.5, 0.6) is 5.75 Å². The second-order valence-corrected chi connectivity index (χ2v) is 11.3. The minimum atomic E-state index is 0.156. The maximum absolute atomic E-state index is 6.60. The summed E-state index contributed by atoms with van der Waals surface area (Å²) in [6.45, 7) is 3.76. The third-order valence-electron chi connectivity index (χ3n) is 9.37. The van der Waals surface area contributed by atoms with Gasteiger partial charge in [-0.3, -0.25) is 0 Å². The Balaban J connectivity index is 1.20. The van der Waals surface area contributed by atoms with Crippen LogP contribution in [0.1, 0.15) is 60.8 Å². The highest BCUT2D eigenvalue weighted by Crippen LogP contribution is 2.63. The third kappa shape index (κ3) is 4.25. The molecule has 0 unspecified atom stereocenters. The quantitative estimate of drug-likeness (QED) is 0.342. The molecule has 2 nitrogen and oxygen atoms in total. The first-order valence-corrected chi connectivity index (χ1v) is 13.6. The lowest BCUT2D eigenvalue weighted by Gasteiger charge is -2.53. The average molecular weight is 477 g/mol. The zero-order valence-corrected chi connectivity index (χ0v) is 21.2. The molecule has 2 fully saturated rings. The molecule has 0 heterocycles. The molecule has 2 saturated carbocycles. The normalized spacial score (nSPS) is 30.5. The maximum Gasteiger partial charge on any atom is 0.120 e. The van der Waals surface area contributed by atoms with Gasteiger partial charge in [-0.2, -0.15) is 0 Å². The number of hydrogen-bond acceptors (Lipinski definition) is 2. The SMILES string of the molecule is C#C[C@H]1C[C@]2(C)[C@@H](OCc3ccccc3)CC[C@H]2[C@@H]2CCc3cc(OCc4ccccc4)ccc3[C@H]21. The molecule has 6 atom stereocenters. The first-order valence-electron chi connectivity index (χ1n) is 13.6. The van der Waals surface area contributed by atoms with E-state index in [9.17, 15) is 0 Å². The molecule has 0 saturated heterocycles. The molecule has 6 rings (SSSR count). The number of benzene rings is 3. The van der Waals surface area contributed by atoms with Crippen molar-refractivity contribution in [2.45, 2.75) is 64.3 Å². The Morgan fingerprint density at radius 2 is 1.61 bits per heavy atom. The molecule has 3 aromatic carbocycles. The van der Waals surface area contributed by atoms with E-state index in [1.165, 1.54) is 35.1 Å². The van der Waals surface area contributed by atoms with Crippen molar-refractivity contribution in [1.29, 1.82) is 0 Å². The van der Waals surface area contributed by atoms with Crippen molar-refractivity contribution in [2.24, 2.45) is 23.2 Å². The molecule has 36 heavy (non-hydrogen) atoms. The van der Waals surface area contributed by atoms with Gasteiger partial charge in [0.1, 0.15) is 12.4 Å². The van der Waals surface area contributed by atoms with E-state index in [2.05, 4.69) is 85.6 Å². The summed E-state index contributed by atoms with van der Waals surface area (Å²) in [7, 11) is 0. The van der Waals surface area contributed by atoms with Crippen molar-refractivity contribution < 1.29 is 9.47 Å². The molecular weight excluding hydrogens is 440 g/mol. The second-order valence-electron chi connectivity index (χ2n) is 11.3. The van der Waals surface area contributed by atoms with Gasteiger partial charge in [0, 0.05) is 11.8 Å². The standard InChI is InChI=1S/C34H36O2/c1-3-26-21-34(2)31(18-19-32(34)36-23-25-12-8-5-9-13-25)30-16-14-27-20-28(15-17-29(27)33(26)30)35-22-24-10-6-4-7-11-24/h1,4-13,15,17,20,26,30-33H,14,16,18-19,21-23H2,2H3/t26-,30-,31-,32-,33+,34-/m0/s1. The molecule has 0 bridgehead atoms. The van der Waals surface area contributed by atoms with Crippen molar-refractivity contribution in [3.8, 4) is 18.1 Å². The van der Waals surface area contributed by atoms with Gasteiger partial charge in [0.25, 0.3) is 0 Å². The van der Waals surface area contributed by atoms with Gasteiger partial charge in [0.15, 0.2) is 0 Å². The van der Waals surface area contributed by atoms with Crippen LogP contribution in [0.3, 0.4) is 0 Å². The van der Waals surface area contributed by atoms with Crippen LogP contribution >= 0.6 is 0 Å². The zero-order chi connectivity index (χ0) is 24.5. The predicted molar refractivity (Wildman–Crippen MR) is 145 cm³/mol. The Bertz CT molecular complexity index is 1230. The van der Waals surface area contributed by atoms with Gasteiger partial charge in [-0.15, -0.1) is 12.3 Å². The fourth-order valence-corrected chi connectivity index (χ4v) is 7.68. The highest BCUT2D eigenvalue weighted by molar-refractivity contribution is 5.42. The summed E-state index contributed by atoms with van der Waals surface area (Å²) in [5.41, 5.74) is 5.50. The van der Waals surface area contributed by atoms with Gasteiger partial charge in [0.05, 0.1) is 12.7 Å². The fraction of sp³-hybridized carbons (Fsp3) is 0.412. The highest BCUT2D eigenvalue weighted by Gasteiger charge is 2.58. The highest BCUT2D eigenvalue weighted by atomic mass is 16.5. The largest absolute Gasteiger partial charge is 0.489 e. The smallest absolute Gasteiger partial charge is 0.120 e. The summed E-state index contributed by atoms with van der Waals surface area (Å²) in [6.07, 6.45) is 12.3. The molecule has 0 radical (unpaired) electrons. The van der Waals surface area contributed by atoms with Crippen LogP contribution < -0.4 is 4.74 Å². The van der Waals surface area contributed by atoms with Gasteiger partial charge in [0.2, 0.25) is 0 Å². The van der Waals surface area contributed by atoms with E-state index < -0.39 is 0 Å². The first-order chi connectivity index (χ1) is 17.7. The number of rotatable bonds is 6. The lowest BCUT2D eigenvalue weighted by atomic mass is 9.52. The first kappa shape index (κ1) is 23.4. The van der Waals surface area contributed by atoms with E-state index in [1.54, 1.807) is 0 Å². The molecule has 3 aliphatic rings. The van der Waals surface area contributed by atoms with E-state index in [0.29, 0.717) is 31.0 Å².